The van der Waals surface area contributed by atoms with Gasteiger partial charge in [0.15, 0.2) is 0 Å². The van der Waals surface area contributed by atoms with Crippen molar-refractivity contribution < 1.29 is 9.59 Å². The van der Waals surface area contributed by atoms with Gasteiger partial charge in [0.05, 0.1) is 6.20 Å². The molecule has 2 rings (SSSR count). The molecule has 23 heavy (non-hydrogen) atoms. The Morgan fingerprint density at radius 2 is 1.87 bits per heavy atom. The van der Waals surface area contributed by atoms with Crippen molar-refractivity contribution in [1.82, 2.24) is 15.1 Å². The van der Waals surface area contributed by atoms with Crippen LogP contribution >= 0.6 is 0 Å². The molecule has 2 N–H and O–H groups in total. The summed E-state index contributed by atoms with van der Waals surface area (Å²) in [6.45, 7) is 3.99. The Morgan fingerprint density at radius 1 is 1.17 bits per heavy atom. The highest BCUT2D eigenvalue weighted by molar-refractivity contribution is 6.01. The van der Waals surface area contributed by atoms with Gasteiger partial charge in [-0.15, -0.1) is 0 Å². The SMILES string of the molecule is CNC(=O)c1ccc(/C=C/C(=O)Nc2ccnn2C(C)C)cc1. The Kier molecular flexibility index (Phi) is 5.30. The van der Waals surface area contributed by atoms with Crippen LogP contribution in [0.15, 0.2) is 42.6 Å². The van der Waals surface area contributed by atoms with E-state index < -0.39 is 0 Å². The Morgan fingerprint density at radius 3 is 2.48 bits per heavy atom. The Balaban J connectivity index is 2.01. The van der Waals surface area contributed by atoms with E-state index in [-0.39, 0.29) is 17.9 Å². The molecule has 0 unspecified atom stereocenters. The van der Waals surface area contributed by atoms with Crippen LogP contribution < -0.4 is 10.6 Å². The molecular formula is C17H20N4O2. The summed E-state index contributed by atoms with van der Waals surface area (Å²) in [7, 11) is 1.59. The predicted octanol–water partition coefficient (Wildman–Crippen LogP) is 2.48. The number of nitrogens with zero attached hydrogens (tertiary/aromatic N) is 2. The Bertz CT molecular complexity index is 714. The number of amides is 2. The molecule has 0 aliphatic heterocycles. The molecule has 120 valence electrons. The van der Waals surface area contributed by atoms with E-state index in [1.165, 1.54) is 6.08 Å². The van der Waals surface area contributed by atoms with Crippen molar-refractivity contribution in [2.24, 2.45) is 0 Å². The van der Waals surface area contributed by atoms with Crippen LogP contribution in [0.4, 0.5) is 5.82 Å². The van der Waals surface area contributed by atoms with Gasteiger partial charge in [-0.3, -0.25) is 9.59 Å². The summed E-state index contributed by atoms with van der Waals surface area (Å²) in [5.74, 6) is 0.285. The maximum atomic E-state index is 12.0. The van der Waals surface area contributed by atoms with Crippen LogP contribution in [0.3, 0.4) is 0 Å². The van der Waals surface area contributed by atoms with E-state index in [1.807, 2.05) is 13.8 Å². The third-order valence-electron chi connectivity index (χ3n) is 3.24. The molecule has 0 saturated heterocycles. The van der Waals surface area contributed by atoms with E-state index in [4.69, 9.17) is 0 Å². The van der Waals surface area contributed by atoms with Crippen LogP contribution in [0.25, 0.3) is 6.08 Å². The van der Waals surface area contributed by atoms with Crippen LogP contribution in [0.5, 0.6) is 0 Å². The van der Waals surface area contributed by atoms with Gasteiger partial charge in [0.1, 0.15) is 5.82 Å². The highest BCUT2D eigenvalue weighted by Crippen LogP contribution is 2.13. The van der Waals surface area contributed by atoms with Crippen molar-refractivity contribution in [2.75, 3.05) is 12.4 Å². The van der Waals surface area contributed by atoms with Crippen molar-refractivity contribution in [2.45, 2.75) is 19.9 Å². The maximum Gasteiger partial charge on any atom is 0.251 e. The number of rotatable bonds is 5. The van der Waals surface area contributed by atoms with Gasteiger partial charge in [-0.1, -0.05) is 12.1 Å². The molecule has 0 spiro atoms. The molecule has 0 bridgehead atoms. The predicted molar refractivity (Wildman–Crippen MR) is 90.1 cm³/mol. The minimum Gasteiger partial charge on any atom is -0.355 e. The second-order valence-corrected chi connectivity index (χ2v) is 5.28. The van der Waals surface area contributed by atoms with Crippen LogP contribution in [-0.4, -0.2) is 28.6 Å². The first-order valence-electron chi connectivity index (χ1n) is 7.36. The van der Waals surface area contributed by atoms with Crippen molar-refractivity contribution in [3.8, 4) is 0 Å². The van der Waals surface area contributed by atoms with Gasteiger partial charge in [-0.05, 0) is 37.6 Å². The summed E-state index contributed by atoms with van der Waals surface area (Å²) in [6.07, 6.45) is 4.79. The summed E-state index contributed by atoms with van der Waals surface area (Å²) in [5.41, 5.74) is 1.42. The maximum absolute atomic E-state index is 12.0. The zero-order chi connectivity index (χ0) is 16.8. The van der Waals surface area contributed by atoms with Crippen LogP contribution in [-0.2, 0) is 4.79 Å². The molecule has 0 fully saturated rings. The second kappa shape index (κ2) is 7.40. The third-order valence-corrected chi connectivity index (χ3v) is 3.24. The number of hydrogen-bond acceptors (Lipinski definition) is 3. The standard InChI is InChI=1S/C17H20N4O2/c1-12(2)21-15(10-11-19-21)20-16(22)9-6-13-4-7-14(8-5-13)17(23)18-3/h4-12H,1-3H3,(H,18,23)(H,20,22)/b9-6+. The van der Waals surface area contributed by atoms with Gasteiger partial charge < -0.3 is 10.6 Å². The Labute approximate surface area is 135 Å². The number of carbonyl (C=O) groups is 2. The van der Waals surface area contributed by atoms with Gasteiger partial charge in [-0.2, -0.15) is 5.10 Å². The van der Waals surface area contributed by atoms with Crippen molar-refractivity contribution in [3.63, 3.8) is 0 Å². The summed E-state index contributed by atoms with van der Waals surface area (Å²) >= 11 is 0. The summed E-state index contributed by atoms with van der Waals surface area (Å²) in [6, 6.07) is 8.92. The van der Waals surface area contributed by atoms with E-state index in [2.05, 4.69) is 15.7 Å². The van der Waals surface area contributed by atoms with E-state index >= 15 is 0 Å². The molecule has 0 aliphatic rings. The number of aromatic nitrogens is 2. The van der Waals surface area contributed by atoms with E-state index in [0.29, 0.717) is 11.4 Å². The minimum absolute atomic E-state index is 0.139. The monoisotopic (exact) mass is 312 g/mol. The number of nitrogens with one attached hydrogen (secondary N) is 2. The van der Waals surface area contributed by atoms with Gasteiger partial charge in [0.25, 0.3) is 5.91 Å². The second-order valence-electron chi connectivity index (χ2n) is 5.28. The van der Waals surface area contributed by atoms with Crippen LogP contribution in [0, 0.1) is 0 Å². The molecule has 1 aromatic heterocycles. The average Bonchev–Trinajstić information content (AvgIpc) is 3.01. The van der Waals surface area contributed by atoms with Crippen molar-refractivity contribution >= 4 is 23.7 Å². The van der Waals surface area contributed by atoms with E-state index in [0.717, 1.165) is 5.56 Å². The van der Waals surface area contributed by atoms with Gasteiger partial charge in [0, 0.05) is 30.8 Å². The lowest BCUT2D eigenvalue weighted by Gasteiger charge is -2.10. The molecule has 6 nitrogen and oxygen atoms in total. The highest BCUT2D eigenvalue weighted by atomic mass is 16.2. The molecule has 1 heterocycles. The van der Waals surface area contributed by atoms with Crippen molar-refractivity contribution in [1.29, 1.82) is 0 Å². The van der Waals surface area contributed by atoms with Gasteiger partial charge in [-0.25, -0.2) is 4.68 Å². The summed E-state index contributed by atoms with van der Waals surface area (Å²) in [5, 5.41) is 9.51. The fourth-order valence-electron chi connectivity index (χ4n) is 2.05. The molecule has 0 radical (unpaired) electrons. The summed E-state index contributed by atoms with van der Waals surface area (Å²) < 4.78 is 1.74. The molecule has 6 heteroatoms. The minimum atomic E-state index is -0.234. The van der Waals surface area contributed by atoms with Crippen molar-refractivity contribution in [3.05, 3.63) is 53.7 Å². The quantitative estimate of drug-likeness (QED) is 0.833. The molecule has 1 aromatic carbocycles. The number of hydrogen-bond donors (Lipinski definition) is 2. The number of anilines is 1. The smallest absolute Gasteiger partial charge is 0.251 e. The fraction of sp³-hybridized carbons (Fsp3) is 0.235. The first-order valence-corrected chi connectivity index (χ1v) is 7.36. The average molecular weight is 312 g/mol. The van der Waals surface area contributed by atoms with Gasteiger partial charge >= 0.3 is 0 Å². The lowest BCUT2D eigenvalue weighted by molar-refractivity contribution is -0.111. The highest BCUT2D eigenvalue weighted by Gasteiger charge is 2.07. The van der Waals surface area contributed by atoms with Crippen LogP contribution in [0.1, 0.15) is 35.8 Å². The van der Waals surface area contributed by atoms with E-state index in [9.17, 15) is 9.59 Å². The first-order chi connectivity index (χ1) is 11.0. The largest absolute Gasteiger partial charge is 0.355 e. The topological polar surface area (TPSA) is 76.0 Å². The zero-order valence-electron chi connectivity index (χ0n) is 13.4. The zero-order valence-corrected chi connectivity index (χ0v) is 13.4. The molecular weight excluding hydrogens is 292 g/mol. The lowest BCUT2D eigenvalue weighted by Crippen LogP contribution is -2.17. The molecule has 0 atom stereocenters. The molecule has 0 aliphatic carbocycles. The summed E-state index contributed by atoms with van der Waals surface area (Å²) in [4.78, 5) is 23.4. The van der Waals surface area contributed by atoms with E-state index in [1.54, 1.807) is 54.3 Å². The molecule has 2 aromatic rings. The Hall–Kier alpha value is -2.89. The number of carbonyl (C=O) groups excluding carboxylic acids is 2. The molecule has 2 amide bonds. The normalized spacial score (nSPS) is 11.0. The fourth-order valence-corrected chi connectivity index (χ4v) is 2.05. The lowest BCUT2D eigenvalue weighted by atomic mass is 10.1. The number of benzene rings is 1. The van der Waals surface area contributed by atoms with Gasteiger partial charge in [0.2, 0.25) is 5.91 Å². The first kappa shape index (κ1) is 16.5. The van der Waals surface area contributed by atoms with Crippen LogP contribution in [0.2, 0.25) is 0 Å². The molecule has 0 saturated carbocycles. The third kappa shape index (κ3) is 4.29.